The van der Waals surface area contributed by atoms with Crippen LogP contribution in [0.15, 0.2) is 24.3 Å². The molecule has 0 heterocycles. The number of benzene rings is 1. The van der Waals surface area contributed by atoms with Gasteiger partial charge in [0.1, 0.15) is 17.6 Å². The van der Waals surface area contributed by atoms with E-state index in [1.54, 1.807) is 7.11 Å². The predicted molar refractivity (Wildman–Crippen MR) is 72.0 cm³/mol. The number of methoxy groups -OCH3 is 1. The fourth-order valence-corrected chi connectivity index (χ4v) is 2.45. The van der Waals surface area contributed by atoms with Crippen LogP contribution in [0.2, 0.25) is 0 Å². The number of amides is 1. The minimum Gasteiger partial charge on any atom is -0.497 e. The minimum absolute atomic E-state index is 0.0849. The molecule has 0 bridgehead atoms. The first kappa shape index (κ1) is 13.7. The van der Waals surface area contributed by atoms with Gasteiger partial charge < -0.3 is 20.9 Å². The molecule has 0 radical (unpaired) electrons. The van der Waals surface area contributed by atoms with Crippen molar-refractivity contribution in [1.82, 2.24) is 0 Å². The highest BCUT2D eigenvalue weighted by atomic mass is 16.5. The molecule has 0 aliphatic heterocycles. The summed E-state index contributed by atoms with van der Waals surface area (Å²) >= 11 is 0. The van der Waals surface area contributed by atoms with Gasteiger partial charge in [0.15, 0.2) is 0 Å². The van der Waals surface area contributed by atoms with Crippen LogP contribution in [0.5, 0.6) is 11.5 Å². The van der Waals surface area contributed by atoms with Gasteiger partial charge in [-0.1, -0.05) is 6.07 Å². The highest BCUT2D eigenvalue weighted by Gasteiger charge is 2.38. The monoisotopic (exact) mass is 264 g/mol. The van der Waals surface area contributed by atoms with Crippen LogP contribution < -0.4 is 20.9 Å². The summed E-state index contributed by atoms with van der Waals surface area (Å²) in [5.41, 5.74) is 10.4. The van der Waals surface area contributed by atoms with E-state index in [-0.39, 0.29) is 6.10 Å². The molecule has 0 saturated heterocycles. The van der Waals surface area contributed by atoms with Crippen LogP contribution in [0, 0.1) is 0 Å². The summed E-state index contributed by atoms with van der Waals surface area (Å²) in [4.78, 5) is 11.4. The summed E-state index contributed by atoms with van der Waals surface area (Å²) in [7, 11) is 1.61. The molecule has 2 atom stereocenters. The highest BCUT2D eigenvalue weighted by molar-refractivity contribution is 5.84. The van der Waals surface area contributed by atoms with Crippen LogP contribution in [-0.4, -0.2) is 24.7 Å². The van der Waals surface area contributed by atoms with Crippen LogP contribution in [0.4, 0.5) is 0 Å². The van der Waals surface area contributed by atoms with E-state index < -0.39 is 11.4 Å². The molecular formula is C14H20N2O3. The van der Waals surface area contributed by atoms with Crippen molar-refractivity contribution in [1.29, 1.82) is 0 Å². The van der Waals surface area contributed by atoms with Gasteiger partial charge in [0, 0.05) is 12.5 Å². The van der Waals surface area contributed by atoms with Gasteiger partial charge in [-0.15, -0.1) is 0 Å². The maximum atomic E-state index is 11.4. The zero-order chi connectivity index (χ0) is 13.9. The molecule has 2 rings (SSSR count). The van der Waals surface area contributed by atoms with Crippen LogP contribution >= 0.6 is 0 Å². The molecule has 1 aliphatic carbocycles. The van der Waals surface area contributed by atoms with Crippen LogP contribution in [0.1, 0.15) is 25.7 Å². The van der Waals surface area contributed by atoms with E-state index in [1.165, 1.54) is 0 Å². The van der Waals surface area contributed by atoms with Crippen molar-refractivity contribution in [2.75, 3.05) is 7.11 Å². The Bertz CT molecular complexity index is 464. The van der Waals surface area contributed by atoms with Gasteiger partial charge in [-0.05, 0) is 31.4 Å². The third-order valence-electron chi connectivity index (χ3n) is 3.58. The summed E-state index contributed by atoms with van der Waals surface area (Å²) in [6.07, 6.45) is 2.72. The first-order chi connectivity index (χ1) is 9.03. The van der Waals surface area contributed by atoms with Gasteiger partial charge >= 0.3 is 0 Å². The lowest BCUT2D eigenvalue weighted by molar-refractivity contribution is -0.125. The zero-order valence-electron chi connectivity index (χ0n) is 11.1. The van der Waals surface area contributed by atoms with Gasteiger partial charge in [0.05, 0.1) is 12.6 Å². The highest BCUT2D eigenvalue weighted by Crippen LogP contribution is 2.30. The summed E-state index contributed by atoms with van der Waals surface area (Å²) in [5, 5.41) is 0. The van der Waals surface area contributed by atoms with E-state index in [2.05, 4.69) is 0 Å². The molecular weight excluding hydrogens is 244 g/mol. The van der Waals surface area contributed by atoms with Crippen molar-refractivity contribution >= 4 is 5.91 Å². The third-order valence-corrected chi connectivity index (χ3v) is 3.58. The molecule has 2 unspecified atom stereocenters. The Morgan fingerprint density at radius 1 is 1.42 bits per heavy atom. The standard InChI is InChI=1S/C14H20N2O3/c1-18-10-4-2-5-11(8-10)19-12-6-3-7-14(16,9-12)13(15)17/h2,4-5,8,12H,3,6-7,9,16H2,1H3,(H2,15,17). The SMILES string of the molecule is COc1cccc(OC2CCCC(N)(C(N)=O)C2)c1. The molecule has 1 aromatic carbocycles. The van der Waals surface area contributed by atoms with Crippen molar-refractivity contribution < 1.29 is 14.3 Å². The van der Waals surface area contributed by atoms with Crippen molar-refractivity contribution in [3.63, 3.8) is 0 Å². The normalized spacial score (nSPS) is 26.7. The molecule has 1 aliphatic rings. The number of primary amides is 1. The van der Waals surface area contributed by atoms with Gasteiger partial charge in [-0.25, -0.2) is 0 Å². The Morgan fingerprint density at radius 2 is 2.16 bits per heavy atom. The molecule has 1 aromatic rings. The first-order valence-electron chi connectivity index (χ1n) is 6.43. The van der Waals surface area contributed by atoms with Crippen LogP contribution in [-0.2, 0) is 4.79 Å². The molecule has 0 spiro atoms. The quantitative estimate of drug-likeness (QED) is 0.855. The Balaban J connectivity index is 2.04. The van der Waals surface area contributed by atoms with Gasteiger partial charge in [0.25, 0.3) is 0 Å². The van der Waals surface area contributed by atoms with Crippen molar-refractivity contribution in [2.24, 2.45) is 11.5 Å². The lowest BCUT2D eigenvalue weighted by Crippen LogP contribution is -2.56. The molecule has 1 saturated carbocycles. The largest absolute Gasteiger partial charge is 0.497 e. The van der Waals surface area contributed by atoms with E-state index in [0.29, 0.717) is 12.8 Å². The summed E-state index contributed by atoms with van der Waals surface area (Å²) < 4.78 is 11.0. The number of rotatable bonds is 4. The van der Waals surface area contributed by atoms with E-state index in [4.69, 9.17) is 20.9 Å². The van der Waals surface area contributed by atoms with E-state index in [9.17, 15) is 4.79 Å². The van der Waals surface area contributed by atoms with Crippen LogP contribution in [0.3, 0.4) is 0 Å². The second-order valence-electron chi connectivity index (χ2n) is 5.04. The third kappa shape index (κ3) is 3.17. The summed E-state index contributed by atoms with van der Waals surface area (Å²) in [5.74, 6) is 1.01. The number of nitrogens with two attached hydrogens (primary N) is 2. The smallest absolute Gasteiger partial charge is 0.237 e. The number of carbonyl (C=O) groups is 1. The summed E-state index contributed by atoms with van der Waals surface area (Å²) in [6, 6.07) is 7.39. The number of ether oxygens (including phenoxy) is 2. The molecule has 5 nitrogen and oxygen atoms in total. The van der Waals surface area contributed by atoms with Gasteiger partial charge in [-0.3, -0.25) is 4.79 Å². The van der Waals surface area contributed by atoms with Crippen molar-refractivity contribution in [2.45, 2.75) is 37.3 Å². The van der Waals surface area contributed by atoms with E-state index >= 15 is 0 Å². The van der Waals surface area contributed by atoms with Gasteiger partial charge in [0.2, 0.25) is 5.91 Å². The lowest BCUT2D eigenvalue weighted by atomic mass is 9.80. The Labute approximate surface area is 112 Å². The Morgan fingerprint density at radius 3 is 2.84 bits per heavy atom. The molecule has 104 valence electrons. The average Bonchev–Trinajstić information content (AvgIpc) is 2.39. The Kier molecular flexibility index (Phi) is 3.95. The van der Waals surface area contributed by atoms with E-state index in [1.807, 2.05) is 24.3 Å². The summed E-state index contributed by atoms with van der Waals surface area (Å²) in [6.45, 7) is 0. The lowest BCUT2D eigenvalue weighted by Gasteiger charge is -2.35. The number of carbonyl (C=O) groups excluding carboxylic acids is 1. The molecule has 19 heavy (non-hydrogen) atoms. The van der Waals surface area contributed by atoms with E-state index in [0.717, 1.165) is 24.3 Å². The fourth-order valence-electron chi connectivity index (χ4n) is 2.45. The number of hydrogen-bond acceptors (Lipinski definition) is 4. The average molecular weight is 264 g/mol. The first-order valence-corrected chi connectivity index (χ1v) is 6.43. The van der Waals surface area contributed by atoms with Crippen LogP contribution in [0.25, 0.3) is 0 Å². The second-order valence-corrected chi connectivity index (χ2v) is 5.04. The van der Waals surface area contributed by atoms with Crippen molar-refractivity contribution in [3.8, 4) is 11.5 Å². The fraction of sp³-hybridized carbons (Fsp3) is 0.500. The van der Waals surface area contributed by atoms with Crippen molar-refractivity contribution in [3.05, 3.63) is 24.3 Å². The molecule has 4 N–H and O–H groups in total. The Hall–Kier alpha value is -1.75. The maximum absolute atomic E-state index is 11.4. The number of hydrogen-bond donors (Lipinski definition) is 2. The second kappa shape index (κ2) is 5.48. The topological polar surface area (TPSA) is 87.6 Å². The predicted octanol–water partition coefficient (Wildman–Crippen LogP) is 1.20. The molecule has 1 fully saturated rings. The molecule has 0 aromatic heterocycles. The zero-order valence-corrected chi connectivity index (χ0v) is 11.1. The maximum Gasteiger partial charge on any atom is 0.237 e. The minimum atomic E-state index is -0.943. The molecule has 5 heteroatoms. The molecule has 1 amide bonds. The van der Waals surface area contributed by atoms with Gasteiger partial charge in [-0.2, -0.15) is 0 Å².